The van der Waals surface area contributed by atoms with E-state index in [9.17, 15) is 4.79 Å². The van der Waals surface area contributed by atoms with Crippen LogP contribution in [0.2, 0.25) is 0 Å². The molecule has 0 N–H and O–H groups in total. The third-order valence-electron chi connectivity index (χ3n) is 5.09. The molecule has 0 radical (unpaired) electrons. The Morgan fingerprint density at radius 1 is 1.25 bits per heavy atom. The minimum Gasteiger partial charge on any atom is -0.361 e. The molecule has 3 heterocycles. The van der Waals surface area contributed by atoms with Crippen LogP contribution in [0.15, 0.2) is 34.9 Å². The van der Waals surface area contributed by atoms with Crippen molar-refractivity contribution in [3.05, 3.63) is 52.9 Å². The standard InChI is InChI=1S/C19H23N3O2/c1-14-10-17(20-24-14)13-22-12-16-7-3-2-6-15(16)11-18(22)19(23)21-8-4-5-9-21/h2-3,6-7,10,18H,4-5,8-9,11-13H2,1H3. The molecular weight excluding hydrogens is 302 g/mol. The van der Waals surface area contributed by atoms with E-state index in [2.05, 4.69) is 34.3 Å². The van der Waals surface area contributed by atoms with E-state index < -0.39 is 0 Å². The Morgan fingerprint density at radius 3 is 2.71 bits per heavy atom. The summed E-state index contributed by atoms with van der Waals surface area (Å²) in [6.45, 7) is 5.12. The lowest BCUT2D eigenvalue weighted by molar-refractivity contribution is -0.136. The fourth-order valence-corrected chi connectivity index (χ4v) is 3.84. The Bertz CT molecular complexity index is 734. The summed E-state index contributed by atoms with van der Waals surface area (Å²) in [5.41, 5.74) is 3.50. The molecule has 1 unspecified atom stereocenters. The molecule has 1 amide bonds. The highest BCUT2D eigenvalue weighted by atomic mass is 16.5. The molecule has 0 bridgehead atoms. The van der Waals surface area contributed by atoms with Crippen LogP contribution in [-0.2, 0) is 24.3 Å². The first-order valence-corrected chi connectivity index (χ1v) is 8.72. The van der Waals surface area contributed by atoms with E-state index in [-0.39, 0.29) is 11.9 Å². The minimum absolute atomic E-state index is 0.102. The monoisotopic (exact) mass is 325 g/mol. The zero-order chi connectivity index (χ0) is 16.5. The van der Waals surface area contributed by atoms with E-state index in [0.29, 0.717) is 6.54 Å². The Morgan fingerprint density at radius 2 is 2.00 bits per heavy atom. The summed E-state index contributed by atoms with van der Waals surface area (Å²) >= 11 is 0. The van der Waals surface area contributed by atoms with Gasteiger partial charge in [-0.05, 0) is 37.3 Å². The summed E-state index contributed by atoms with van der Waals surface area (Å²) in [5.74, 6) is 1.08. The number of carbonyl (C=O) groups excluding carboxylic acids is 1. The normalized spacial score (nSPS) is 21.0. The lowest BCUT2D eigenvalue weighted by Gasteiger charge is -2.37. The SMILES string of the molecule is Cc1cc(CN2Cc3ccccc3CC2C(=O)N2CCCC2)no1. The van der Waals surface area contributed by atoms with Gasteiger partial charge in [-0.25, -0.2) is 0 Å². The smallest absolute Gasteiger partial charge is 0.240 e. The Hall–Kier alpha value is -2.14. The number of rotatable bonds is 3. The number of aryl methyl sites for hydroxylation is 1. The summed E-state index contributed by atoms with van der Waals surface area (Å²) in [6.07, 6.45) is 3.03. The summed E-state index contributed by atoms with van der Waals surface area (Å²) in [7, 11) is 0. The number of nitrogens with zero attached hydrogens (tertiary/aromatic N) is 3. The molecule has 1 fully saturated rings. The van der Waals surface area contributed by atoms with E-state index in [1.807, 2.05) is 17.9 Å². The van der Waals surface area contributed by atoms with Gasteiger partial charge in [-0.2, -0.15) is 0 Å². The van der Waals surface area contributed by atoms with Crippen molar-refractivity contribution in [2.24, 2.45) is 0 Å². The fraction of sp³-hybridized carbons (Fsp3) is 0.474. The fourth-order valence-electron chi connectivity index (χ4n) is 3.84. The summed E-state index contributed by atoms with van der Waals surface area (Å²) < 4.78 is 5.20. The van der Waals surface area contributed by atoms with Crippen LogP contribution in [0.25, 0.3) is 0 Å². The van der Waals surface area contributed by atoms with Crippen molar-refractivity contribution >= 4 is 5.91 Å². The summed E-state index contributed by atoms with van der Waals surface area (Å²) in [4.78, 5) is 17.3. The van der Waals surface area contributed by atoms with Crippen LogP contribution in [0, 0.1) is 6.92 Å². The molecular formula is C19H23N3O2. The molecule has 1 atom stereocenters. The predicted octanol–water partition coefficient (Wildman–Crippen LogP) is 2.53. The summed E-state index contributed by atoms with van der Waals surface area (Å²) in [6, 6.07) is 10.3. The van der Waals surface area contributed by atoms with Crippen molar-refractivity contribution in [2.45, 2.75) is 45.3 Å². The molecule has 0 saturated carbocycles. The van der Waals surface area contributed by atoms with E-state index in [0.717, 1.165) is 50.4 Å². The number of amides is 1. The Labute approximate surface area is 142 Å². The summed E-state index contributed by atoms with van der Waals surface area (Å²) in [5, 5.41) is 4.12. The van der Waals surface area contributed by atoms with Crippen molar-refractivity contribution in [1.29, 1.82) is 0 Å². The van der Waals surface area contributed by atoms with Crippen LogP contribution in [0.3, 0.4) is 0 Å². The molecule has 24 heavy (non-hydrogen) atoms. The maximum Gasteiger partial charge on any atom is 0.240 e. The molecule has 126 valence electrons. The molecule has 2 aromatic rings. The zero-order valence-electron chi connectivity index (χ0n) is 14.1. The van der Waals surface area contributed by atoms with Gasteiger partial charge in [0, 0.05) is 32.2 Å². The minimum atomic E-state index is -0.102. The second-order valence-electron chi connectivity index (χ2n) is 6.85. The van der Waals surface area contributed by atoms with Gasteiger partial charge in [0.1, 0.15) is 5.76 Å². The van der Waals surface area contributed by atoms with Crippen molar-refractivity contribution in [3.63, 3.8) is 0 Å². The zero-order valence-corrected chi connectivity index (χ0v) is 14.1. The third-order valence-corrected chi connectivity index (χ3v) is 5.09. The first-order chi connectivity index (χ1) is 11.7. The van der Waals surface area contributed by atoms with Gasteiger partial charge >= 0.3 is 0 Å². The largest absolute Gasteiger partial charge is 0.361 e. The maximum atomic E-state index is 13.1. The van der Waals surface area contributed by atoms with E-state index in [1.165, 1.54) is 11.1 Å². The molecule has 4 rings (SSSR count). The second-order valence-corrected chi connectivity index (χ2v) is 6.85. The molecule has 0 aliphatic carbocycles. The quantitative estimate of drug-likeness (QED) is 0.870. The lowest BCUT2D eigenvalue weighted by atomic mass is 9.93. The van der Waals surface area contributed by atoms with Gasteiger partial charge < -0.3 is 9.42 Å². The van der Waals surface area contributed by atoms with Crippen molar-refractivity contribution in [1.82, 2.24) is 15.0 Å². The Kier molecular flexibility index (Phi) is 4.10. The number of benzene rings is 1. The number of aromatic nitrogens is 1. The van der Waals surface area contributed by atoms with Gasteiger partial charge in [-0.3, -0.25) is 9.69 Å². The molecule has 1 aromatic carbocycles. The topological polar surface area (TPSA) is 49.6 Å². The average molecular weight is 325 g/mol. The molecule has 5 nitrogen and oxygen atoms in total. The number of likely N-dealkylation sites (tertiary alicyclic amines) is 1. The van der Waals surface area contributed by atoms with Crippen LogP contribution in [0.5, 0.6) is 0 Å². The molecule has 1 aromatic heterocycles. The van der Waals surface area contributed by atoms with Crippen LogP contribution in [0.1, 0.15) is 35.4 Å². The van der Waals surface area contributed by atoms with Crippen LogP contribution in [0.4, 0.5) is 0 Å². The average Bonchev–Trinajstić information content (AvgIpc) is 3.25. The second kappa shape index (κ2) is 6.40. The van der Waals surface area contributed by atoms with Gasteiger partial charge in [0.25, 0.3) is 0 Å². The van der Waals surface area contributed by atoms with E-state index in [1.54, 1.807) is 0 Å². The van der Waals surface area contributed by atoms with Gasteiger partial charge in [0.15, 0.2) is 0 Å². The molecule has 5 heteroatoms. The maximum absolute atomic E-state index is 13.1. The highest BCUT2D eigenvalue weighted by molar-refractivity contribution is 5.82. The van der Waals surface area contributed by atoms with Crippen LogP contribution >= 0.6 is 0 Å². The van der Waals surface area contributed by atoms with Gasteiger partial charge in [-0.1, -0.05) is 29.4 Å². The number of hydrogen-bond donors (Lipinski definition) is 0. The third kappa shape index (κ3) is 2.96. The molecule has 0 spiro atoms. The predicted molar refractivity (Wildman–Crippen MR) is 90.2 cm³/mol. The number of carbonyl (C=O) groups is 1. The first kappa shape index (κ1) is 15.4. The van der Waals surface area contributed by atoms with Crippen molar-refractivity contribution < 1.29 is 9.32 Å². The van der Waals surface area contributed by atoms with Gasteiger partial charge in [-0.15, -0.1) is 0 Å². The lowest BCUT2D eigenvalue weighted by Crippen LogP contribution is -2.50. The number of hydrogen-bond acceptors (Lipinski definition) is 4. The number of fused-ring (bicyclic) bond motifs is 1. The van der Waals surface area contributed by atoms with E-state index >= 15 is 0 Å². The highest BCUT2D eigenvalue weighted by Gasteiger charge is 2.35. The van der Waals surface area contributed by atoms with Gasteiger partial charge in [0.2, 0.25) is 5.91 Å². The highest BCUT2D eigenvalue weighted by Crippen LogP contribution is 2.27. The van der Waals surface area contributed by atoms with Crippen molar-refractivity contribution in [2.75, 3.05) is 13.1 Å². The van der Waals surface area contributed by atoms with E-state index in [4.69, 9.17) is 4.52 Å². The molecule has 2 aliphatic heterocycles. The van der Waals surface area contributed by atoms with Crippen LogP contribution < -0.4 is 0 Å². The van der Waals surface area contributed by atoms with Crippen molar-refractivity contribution in [3.8, 4) is 0 Å². The molecule has 1 saturated heterocycles. The molecule has 2 aliphatic rings. The first-order valence-electron chi connectivity index (χ1n) is 8.72. The van der Waals surface area contributed by atoms with Crippen LogP contribution in [-0.4, -0.2) is 40.0 Å². The Balaban J connectivity index is 1.60. The van der Waals surface area contributed by atoms with Gasteiger partial charge in [0.05, 0.1) is 11.7 Å².